The minimum absolute atomic E-state index is 0.00145. The molecule has 0 aliphatic carbocycles. The molecule has 1 amide bonds. The van der Waals surface area contributed by atoms with Crippen LogP contribution in [-0.2, 0) is 11.3 Å². The number of carbonyl (C=O) groups is 1. The van der Waals surface area contributed by atoms with E-state index in [2.05, 4.69) is 10.6 Å². The molecule has 6 nitrogen and oxygen atoms in total. The van der Waals surface area contributed by atoms with E-state index in [0.717, 1.165) is 34.0 Å². The van der Waals surface area contributed by atoms with Crippen LogP contribution in [-0.4, -0.2) is 35.7 Å². The van der Waals surface area contributed by atoms with Gasteiger partial charge in [-0.2, -0.15) is 0 Å². The third kappa shape index (κ3) is 4.39. The molecule has 1 atom stereocenters. The zero-order valence-corrected chi connectivity index (χ0v) is 19.0. The number of hydrogen-bond acceptors (Lipinski definition) is 4. The highest BCUT2D eigenvalue weighted by molar-refractivity contribution is 6.30. The normalized spacial score (nSPS) is 15.9. The summed E-state index contributed by atoms with van der Waals surface area (Å²) in [4.78, 5) is 19.6. The van der Waals surface area contributed by atoms with Crippen molar-refractivity contribution in [2.45, 2.75) is 18.9 Å². The largest absolute Gasteiger partial charge is 0.497 e. The Morgan fingerprint density at radius 1 is 1.00 bits per heavy atom. The fraction of sp³-hybridized carbons (Fsp3) is 0.231. The minimum atomic E-state index is 0.00145. The maximum absolute atomic E-state index is 12.8. The van der Waals surface area contributed by atoms with Crippen molar-refractivity contribution in [1.82, 2.24) is 9.55 Å². The molecular formula is C26H24ClN3O3. The second-order valence-electron chi connectivity index (χ2n) is 8.02. The molecule has 7 heteroatoms. The van der Waals surface area contributed by atoms with E-state index in [1.165, 1.54) is 0 Å². The highest BCUT2D eigenvalue weighted by Crippen LogP contribution is 2.33. The lowest BCUT2D eigenvalue weighted by atomic mass is 10.1. The van der Waals surface area contributed by atoms with Crippen molar-refractivity contribution in [2.75, 3.05) is 25.2 Å². The summed E-state index contributed by atoms with van der Waals surface area (Å²) < 4.78 is 13.4. The number of amides is 1. The van der Waals surface area contributed by atoms with Gasteiger partial charge in [0.05, 0.1) is 24.7 Å². The zero-order chi connectivity index (χ0) is 22.8. The topological polar surface area (TPSA) is 56.6 Å². The van der Waals surface area contributed by atoms with Gasteiger partial charge in [0.2, 0.25) is 5.91 Å². The summed E-state index contributed by atoms with van der Waals surface area (Å²) in [5, 5.41) is 0.653. The molecule has 1 aliphatic rings. The number of hydrogen-bond donors (Lipinski definition) is 0. The Labute approximate surface area is 197 Å². The molecule has 0 bridgehead atoms. The predicted molar refractivity (Wildman–Crippen MR) is 129 cm³/mol. The quantitative estimate of drug-likeness (QED) is 0.375. The van der Waals surface area contributed by atoms with Gasteiger partial charge in [0.25, 0.3) is 0 Å². The van der Waals surface area contributed by atoms with Gasteiger partial charge in [-0.1, -0.05) is 23.7 Å². The number of aromatic nitrogens is 2. The van der Waals surface area contributed by atoms with Crippen molar-refractivity contribution >= 4 is 34.2 Å². The maximum Gasteiger partial charge on any atom is 0.227 e. The molecular weight excluding hydrogens is 438 g/mol. The summed E-state index contributed by atoms with van der Waals surface area (Å²) in [5.74, 6) is 2.59. The Hall–Kier alpha value is -3.51. The summed E-state index contributed by atoms with van der Waals surface area (Å²) in [6.07, 6.45) is 0.422. The number of anilines is 1. The Bertz CT molecular complexity index is 1270. The molecule has 5 rings (SSSR count). The Balaban J connectivity index is 1.37. The third-order valence-corrected chi connectivity index (χ3v) is 6.21. The average Bonchev–Trinajstić information content (AvgIpc) is 3.41. The van der Waals surface area contributed by atoms with Crippen LogP contribution in [0.3, 0.4) is 0 Å². The second kappa shape index (κ2) is 9.16. The Morgan fingerprint density at radius 3 is 2.48 bits per heavy atom. The number of carbonyl (C=O) groups excluding carboxylic acids is 1. The van der Waals surface area contributed by atoms with E-state index < -0.39 is 0 Å². The summed E-state index contributed by atoms with van der Waals surface area (Å²) >= 11 is 6.02. The number of rotatable bonds is 7. The maximum atomic E-state index is 12.8. The fourth-order valence-electron chi connectivity index (χ4n) is 4.32. The lowest BCUT2D eigenvalue weighted by Gasteiger charge is -2.17. The highest BCUT2D eigenvalue weighted by Gasteiger charge is 2.34. The van der Waals surface area contributed by atoms with Crippen molar-refractivity contribution in [3.63, 3.8) is 0 Å². The van der Waals surface area contributed by atoms with Gasteiger partial charge in [-0.15, -0.1) is 0 Å². The third-order valence-electron chi connectivity index (χ3n) is 5.96. The number of methoxy groups -OCH3 is 1. The van der Waals surface area contributed by atoms with E-state index in [1.807, 2.05) is 71.6 Å². The van der Waals surface area contributed by atoms with Crippen LogP contribution < -0.4 is 14.4 Å². The van der Waals surface area contributed by atoms with Crippen molar-refractivity contribution in [2.24, 2.45) is 0 Å². The number of para-hydroxylation sites is 2. The number of halogens is 1. The molecule has 2 heterocycles. The van der Waals surface area contributed by atoms with E-state index in [1.54, 1.807) is 7.11 Å². The van der Waals surface area contributed by atoms with Crippen LogP contribution in [0.25, 0.3) is 11.0 Å². The molecule has 3 aromatic carbocycles. The molecule has 0 spiro atoms. The molecule has 168 valence electrons. The molecule has 0 N–H and O–H groups in total. The van der Waals surface area contributed by atoms with Crippen molar-refractivity contribution in [1.29, 1.82) is 0 Å². The van der Waals surface area contributed by atoms with Gasteiger partial charge in [0.1, 0.15) is 23.9 Å². The summed E-state index contributed by atoms with van der Waals surface area (Å²) in [7, 11) is 1.64. The number of fused-ring (bicyclic) bond motifs is 1. The lowest BCUT2D eigenvalue weighted by Crippen LogP contribution is -2.24. The van der Waals surface area contributed by atoms with E-state index in [9.17, 15) is 4.79 Å². The smallest absolute Gasteiger partial charge is 0.227 e. The molecule has 1 aromatic heterocycles. The van der Waals surface area contributed by atoms with Gasteiger partial charge in [-0.05, 0) is 60.7 Å². The first-order valence-electron chi connectivity index (χ1n) is 10.9. The van der Waals surface area contributed by atoms with Crippen molar-refractivity contribution in [3.05, 3.63) is 83.6 Å². The number of benzene rings is 3. The van der Waals surface area contributed by atoms with E-state index in [-0.39, 0.29) is 11.8 Å². The zero-order valence-electron chi connectivity index (χ0n) is 18.3. The lowest BCUT2D eigenvalue weighted by molar-refractivity contribution is -0.117. The van der Waals surface area contributed by atoms with Crippen LogP contribution in [0.15, 0.2) is 72.8 Å². The first kappa shape index (κ1) is 21.3. The Morgan fingerprint density at radius 2 is 1.73 bits per heavy atom. The minimum Gasteiger partial charge on any atom is -0.497 e. The summed E-state index contributed by atoms with van der Waals surface area (Å²) in [6, 6.07) is 23.0. The van der Waals surface area contributed by atoms with Crippen LogP contribution in [0.1, 0.15) is 18.2 Å². The standard InChI is InChI=1S/C26H24ClN3O3/c1-32-21-10-12-22(13-11-21)33-15-14-29-24-5-3-2-4-23(24)28-26(29)18-16-25(31)30(17-18)20-8-6-19(27)7-9-20/h2-13,18H,14-17H2,1H3. The van der Waals surface area contributed by atoms with Crippen LogP contribution >= 0.6 is 11.6 Å². The molecule has 33 heavy (non-hydrogen) atoms. The van der Waals surface area contributed by atoms with Gasteiger partial charge in [-0.3, -0.25) is 4.79 Å². The molecule has 0 saturated carbocycles. The van der Waals surface area contributed by atoms with E-state index >= 15 is 0 Å². The van der Waals surface area contributed by atoms with Crippen molar-refractivity contribution in [3.8, 4) is 11.5 Å². The van der Waals surface area contributed by atoms with E-state index in [4.69, 9.17) is 26.1 Å². The first-order chi connectivity index (χ1) is 16.1. The molecule has 1 saturated heterocycles. The van der Waals surface area contributed by atoms with E-state index in [0.29, 0.717) is 31.1 Å². The number of imidazole rings is 1. The molecule has 1 fully saturated rings. The number of ether oxygens (including phenoxy) is 2. The predicted octanol–water partition coefficient (Wildman–Crippen LogP) is 5.30. The van der Waals surface area contributed by atoms with Crippen LogP contribution in [0.4, 0.5) is 5.69 Å². The first-order valence-corrected chi connectivity index (χ1v) is 11.3. The molecule has 1 unspecified atom stereocenters. The summed E-state index contributed by atoms with van der Waals surface area (Å²) in [6.45, 7) is 1.71. The van der Waals surface area contributed by atoms with Crippen molar-refractivity contribution < 1.29 is 14.3 Å². The van der Waals surface area contributed by atoms with Gasteiger partial charge in [-0.25, -0.2) is 4.98 Å². The SMILES string of the molecule is COc1ccc(OCCn2c(C3CC(=O)N(c4ccc(Cl)cc4)C3)nc3ccccc32)cc1. The molecule has 1 aliphatic heterocycles. The molecule has 0 radical (unpaired) electrons. The second-order valence-corrected chi connectivity index (χ2v) is 8.45. The van der Waals surface area contributed by atoms with Crippen LogP contribution in [0.5, 0.6) is 11.5 Å². The highest BCUT2D eigenvalue weighted by atomic mass is 35.5. The summed E-state index contributed by atoms with van der Waals surface area (Å²) in [5.41, 5.74) is 2.83. The van der Waals surface area contributed by atoms with Crippen LogP contribution in [0.2, 0.25) is 5.02 Å². The average molecular weight is 462 g/mol. The number of nitrogens with zero attached hydrogens (tertiary/aromatic N) is 3. The monoisotopic (exact) mass is 461 g/mol. The van der Waals surface area contributed by atoms with Gasteiger partial charge >= 0.3 is 0 Å². The van der Waals surface area contributed by atoms with Gasteiger partial charge < -0.3 is 18.9 Å². The molecule has 4 aromatic rings. The van der Waals surface area contributed by atoms with Crippen LogP contribution in [0, 0.1) is 0 Å². The van der Waals surface area contributed by atoms with Gasteiger partial charge in [0, 0.05) is 29.6 Å². The Kier molecular flexibility index (Phi) is 5.92. The fourth-order valence-corrected chi connectivity index (χ4v) is 4.44. The van der Waals surface area contributed by atoms with Gasteiger partial charge in [0.15, 0.2) is 0 Å².